The maximum atomic E-state index is 13.5. The van der Waals surface area contributed by atoms with Gasteiger partial charge in [0, 0.05) is 31.7 Å². The molecule has 3 aromatic heterocycles. The van der Waals surface area contributed by atoms with Gasteiger partial charge in [0.1, 0.15) is 11.7 Å². The second-order valence-electron chi connectivity index (χ2n) is 9.82. The van der Waals surface area contributed by atoms with Gasteiger partial charge < -0.3 is 10.6 Å². The molecule has 2 aliphatic carbocycles. The predicted molar refractivity (Wildman–Crippen MR) is 126 cm³/mol. The lowest BCUT2D eigenvalue weighted by atomic mass is 9.88. The van der Waals surface area contributed by atoms with Gasteiger partial charge in [-0.05, 0) is 69.4 Å². The number of nitrogens with one attached hydrogen (secondary N) is 2. The molecule has 34 heavy (non-hydrogen) atoms. The molecule has 0 bridgehead atoms. The van der Waals surface area contributed by atoms with Gasteiger partial charge in [0.2, 0.25) is 5.91 Å². The zero-order valence-corrected chi connectivity index (χ0v) is 19.9. The Hall–Kier alpha value is -3.43. The maximum Gasteiger partial charge on any atom is 0.270 e. The number of anilines is 1. The number of nitrogens with zero attached hydrogens (tertiary/aromatic N) is 6. The van der Waals surface area contributed by atoms with Crippen LogP contribution in [-0.2, 0) is 18.4 Å². The van der Waals surface area contributed by atoms with Crippen molar-refractivity contribution in [3.05, 3.63) is 48.3 Å². The van der Waals surface area contributed by atoms with E-state index in [0.29, 0.717) is 29.8 Å². The van der Waals surface area contributed by atoms with Gasteiger partial charge in [-0.2, -0.15) is 15.3 Å². The number of hydrogen-bond donors (Lipinski definition) is 2. The Labute approximate surface area is 198 Å². The third kappa shape index (κ3) is 4.76. The van der Waals surface area contributed by atoms with Gasteiger partial charge in [0.15, 0.2) is 0 Å². The number of amides is 2. The molecule has 5 rings (SSSR count). The molecule has 180 valence electrons. The molecular formula is C24H32N8O2. The SMILES string of the molecule is CC(C)n1nccc1C(=O)N[C@H](C(=O)Nc1cnn(Cc2ccnn2C)c1)C(C1CC1)C1CC1. The van der Waals surface area contributed by atoms with Crippen LogP contribution in [-0.4, -0.2) is 47.2 Å². The lowest BCUT2D eigenvalue weighted by Crippen LogP contribution is -2.50. The topological polar surface area (TPSA) is 112 Å². The van der Waals surface area contributed by atoms with Gasteiger partial charge in [-0.15, -0.1) is 0 Å². The Morgan fingerprint density at radius 3 is 2.38 bits per heavy atom. The number of hydrogen-bond acceptors (Lipinski definition) is 5. The average Bonchev–Trinajstić information content (AvgIpc) is 3.68. The molecule has 3 heterocycles. The third-order valence-electron chi connectivity index (χ3n) is 6.83. The average molecular weight is 465 g/mol. The first-order valence-corrected chi connectivity index (χ1v) is 12.0. The summed E-state index contributed by atoms with van der Waals surface area (Å²) in [5, 5.41) is 18.9. The Morgan fingerprint density at radius 1 is 1.06 bits per heavy atom. The van der Waals surface area contributed by atoms with Crippen LogP contribution in [0.1, 0.15) is 61.8 Å². The Morgan fingerprint density at radius 2 is 1.76 bits per heavy atom. The van der Waals surface area contributed by atoms with Gasteiger partial charge >= 0.3 is 0 Å². The molecule has 10 heteroatoms. The normalized spacial score (nSPS) is 16.7. The van der Waals surface area contributed by atoms with Crippen molar-refractivity contribution in [2.75, 3.05) is 5.32 Å². The lowest BCUT2D eigenvalue weighted by molar-refractivity contribution is -0.119. The second-order valence-corrected chi connectivity index (χ2v) is 9.82. The van der Waals surface area contributed by atoms with Crippen molar-refractivity contribution < 1.29 is 9.59 Å². The molecule has 2 saturated carbocycles. The van der Waals surface area contributed by atoms with Crippen molar-refractivity contribution in [2.45, 2.75) is 58.2 Å². The lowest BCUT2D eigenvalue weighted by Gasteiger charge is -2.27. The molecule has 3 aromatic rings. The van der Waals surface area contributed by atoms with E-state index in [4.69, 9.17) is 0 Å². The van der Waals surface area contributed by atoms with Crippen LogP contribution in [0.3, 0.4) is 0 Å². The fraction of sp³-hybridized carbons (Fsp3) is 0.542. The molecule has 0 spiro atoms. The zero-order valence-electron chi connectivity index (χ0n) is 19.9. The molecule has 0 radical (unpaired) electrons. The summed E-state index contributed by atoms with van der Waals surface area (Å²) in [6.07, 6.45) is 11.3. The number of rotatable bonds is 10. The molecule has 2 fully saturated rings. The Bertz CT molecular complexity index is 1160. The minimum absolute atomic E-state index is 0.0518. The molecule has 0 saturated heterocycles. The number of carbonyl (C=O) groups is 2. The van der Waals surface area contributed by atoms with Crippen LogP contribution in [0.2, 0.25) is 0 Å². The zero-order chi connectivity index (χ0) is 23.8. The van der Waals surface area contributed by atoms with Crippen molar-refractivity contribution >= 4 is 17.5 Å². The highest BCUT2D eigenvalue weighted by molar-refractivity contribution is 6.00. The van der Waals surface area contributed by atoms with Crippen molar-refractivity contribution in [2.24, 2.45) is 24.8 Å². The van der Waals surface area contributed by atoms with E-state index in [1.165, 1.54) is 0 Å². The van der Waals surface area contributed by atoms with Gasteiger partial charge in [0.25, 0.3) is 5.91 Å². The summed E-state index contributed by atoms with van der Waals surface area (Å²) in [6, 6.07) is 3.10. The molecule has 2 aliphatic rings. The van der Waals surface area contributed by atoms with Gasteiger partial charge in [-0.25, -0.2) is 0 Å². The van der Waals surface area contributed by atoms with Gasteiger partial charge in [-0.1, -0.05) is 0 Å². The van der Waals surface area contributed by atoms with Crippen molar-refractivity contribution in [1.29, 1.82) is 0 Å². The maximum absolute atomic E-state index is 13.5. The van der Waals surface area contributed by atoms with Crippen LogP contribution in [0.5, 0.6) is 0 Å². The van der Waals surface area contributed by atoms with Crippen molar-refractivity contribution in [3.63, 3.8) is 0 Å². The highest BCUT2D eigenvalue weighted by atomic mass is 16.2. The summed E-state index contributed by atoms with van der Waals surface area (Å²) < 4.78 is 5.25. The molecular weight excluding hydrogens is 432 g/mol. The minimum Gasteiger partial charge on any atom is -0.339 e. The summed E-state index contributed by atoms with van der Waals surface area (Å²) in [7, 11) is 1.88. The third-order valence-corrected chi connectivity index (χ3v) is 6.83. The molecule has 2 amide bonds. The predicted octanol–water partition coefficient (Wildman–Crippen LogP) is 2.62. The number of carbonyl (C=O) groups excluding carboxylic acids is 2. The Kier molecular flexibility index (Phi) is 5.97. The summed E-state index contributed by atoms with van der Waals surface area (Å²) >= 11 is 0. The van der Waals surface area contributed by atoms with Crippen LogP contribution in [0.25, 0.3) is 0 Å². The van der Waals surface area contributed by atoms with Crippen LogP contribution in [0.4, 0.5) is 5.69 Å². The first-order valence-electron chi connectivity index (χ1n) is 12.0. The van der Waals surface area contributed by atoms with E-state index in [1.807, 2.05) is 27.0 Å². The van der Waals surface area contributed by atoms with E-state index in [1.54, 1.807) is 44.9 Å². The second kappa shape index (κ2) is 9.08. The summed E-state index contributed by atoms with van der Waals surface area (Å²) in [6.45, 7) is 4.52. The van der Waals surface area contributed by atoms with Crippen LogP contribution < -0.4 is 10.6 Å². The molecule has 0 aliphatic heterocycles. The van der Waals surface area contributed by atoms with Crippen LogP contribution in [0, 0.1) is 17.8 Å². The quantitative estimate of drug-likeness (QED) is 0.479. The van der Waals surface area contributed by atoms with Crippen molar-refractivity contribution in [1.82, 2.24) is 34.7 Å². The fourth-order valence-corrected chi connectivity index (χ4v) is 4.81. The van der Waals surface area contributed by atoms with Crippen LogP contribution >= 0.6 is 0 Å². The highest BCUT2D eigenvalue weighted by Crippen LogP contribution is 2.50. The number of aryl methyl sites for hydroxylation is 1. The molecule has 2 N–H and O–H groups in total. The molecule has 0 unspecified atom stereocenters. The van der Waals surface area contributed by atoms with E-state index >= 15 is 0 Å². The fourth-order valence-electron chi connectivity index (χ4n) is 4.81. The van der Waals surface area contributed by atoms with E-state index in [-0.39, 0.29) is 23.8 Å². The smallest absolute Gasteiger partial charge is 0.270 e. The standard InChI is InChI=1S/C24H32N8O2/c1-15(2)32-20(9-11-26-32)23(33)29-22(21(16-4-5-16)17-6-7-17)24(34)28-18-12-27-31(13-18)14-19-8-10-25-30(19)3/h8-13,15-17,21-22H,4-7,14H2,1-3H3,(H,28,34)(H,29,33)/t22-/m0/s1. The summed E-state index contributed by atoms with van der Waals surface area (Å²) in [5.41, 5.74) is 2.10. The van der Waals surface area contributed by atoms with E-state index in [0.717, 1.165) is 31.4 Å². The van der Waals surface area contributed by atoms with E-state index in [2.05, 4.69) is 25.9 Å². The first-order chi connectivity index (χ1) is 16.4. The van der Waals surface area contributed by atoms with E-state index in [9.17, 15) is 9.59 Å². The molecule has 1 atom stereocenters. The Balaban J connectivity index is 1.33. The summed E-state index contributed by atoms with van der Waals surface area (Å²) in [5.74, 6) is 0.693. The largest absolute Gasteiger partial charge is 0.339 e. The van der Waals surface area contributed by atoms with E-state index < -0.39 is 6.04 Å². The summed E-state index contributed by atoms with van der Waals surface area (Å²) in [4.78, 5) is 26.7. The monoisotopic (exact) mass is 464 g/mol. The van der Waals surface area contributed by atoms with Gasteiger partial charge in [-0.3, -0.25) is 23.6 Å². The van der Waals surface area contributed by atoms with Crippen LogP contribution in [0.15, 0.2) is 36.9 Å². The minimum atomic E-state index is -0.594. The van der Waals surface area contributed by atoms with Gasteiger partial charge in [0.05, 0.1) is 24.1 Å². The highest BCUT2D eigenvalue weighted by Gasteiger charge is 2.48. The van der Waals surface area contributed by atoms with Crippen molar-refractivity contribution in [3.8, 4) is 0 Å². The number of aromatic nitrogens is 6. The first kappa shape index (κ1) is 22.4. The molecule has 0 aromatic carbocycles. The molecule has 10 nitrogen and oxygen atoms in total.